The molecule has 0 saturated heterocycles. The molecule has 4 nitrogen and oxygen atoms in total. The lowest BCUT2D eigenvalue weighted by atomic mass is 10.2. The van der Waals surface area contributed by atoms with Crippen LogP contribution in [-0.4, -0.2) is 23.2 Å². The van der Waals surface area contributed by atoms with Crippen LogP contribution in [0.25, 0.3) is 0 Å². The molecule has 13 heavy (non-hydrogen) atoms. The largest absolute Gasteiger partial charge is 0.507 e. The summed E-state index contributed by atoms with van der Waals surface area (Å²) in [6.07, 6.45) is 0. The molecule has 0 aromatic heterocycles. The van der Waals surface area contributed by atoms with Gasteiger partial charge >= 0.3 is 5.97 Å². The van der Waals surface area contributed by atoms with Crippen molar-refractivity contribution in [2.24, 2.45) is 0 Å². The number of carboxylic acid groups (broad SMARTS) is 1. The van der Waals surface area contributed by atoms with E-state index in [1.54, 1.807) is 13.1 Å². The molecule has 0 amide bonds. The first-order chi connectivity index (χ1) is 5.65. The minimum absolute atomic E-state index is 0. The lowest BCUT2D eigenvalue weighted by molar-refractivity contribution is 0.0694. The van der Waals surface area contributed by atoms with Gasteiger partial charge in [-0.05, 0) is 18.2 Å². The van der Waals surface area contributed by atoms with E-state index in [0.29, 0.717) is 5.69 Å². The van der Waals surface area contributed by atoms with Gasteiger partial charge < -0.3 is 15.5 Å². The summed E-state index contributed by atoms with van der Waals surface area (Å²) in [6.45, 7) is 0. The molecule has 0 radical (unpaired) electrons. The zero-order valence-electron chi connectivity index (χ0n) is 6.53. The van der Waals surface area contributed by atoms with Crippen LogP contribution in [-0.2, 0) is 0 Å². The normalized spacial score (nSPS) is 8.69. The third-order valence-electron chi connectivity index (χ3n) is 1.52. The quantitative estimate of drug-likeness (QED) is 0.611. The zero-order valence-corrected chi connectivity index (χ0v) is 6.53. The average Bonchev–Trinajstić information content (AvgIpc) is 2.05. The van der Waals surface area contributed by atoms with Crippen LogP contribution in [0.4, 0.5) is 5.69 Å². The van der Waals surface area contributed by atoms with Gasteiger partial charge in [0, 0.05) is 12.7 Å². The lowest BCUT2D eigenvalue weighted by Gasteiger charge is -2.02. The molecule has 1 aromatic rings. The van der Waals surface area contributed by atoms with E-state index in [-0.39, 0.29) is 18.7 Å². The first kappa shape index (κ1) is 11.3. The summed E-state index contributed by atoms with van der Waals surface area (Å²) in [7, 11) is 1.68. The number of carboxylic acids is 1. The van der Waals surface area contributed by atoms with Gasteiger partial charge in [-0.2, -0.15) is 0 Å². The van der Waals surface area contributed by atoms with Crippen LogP contribution >= 0.6 is 0 Å². The third kappa shape index (κ3) is 2.37. The van der Waals surface area contributed by atoms with E-state index in [4.69, 9.17) is 10.2 Å². The van der Waals surface area contributed by atoms with E-state index in [1.807, 2.05) is 0 Å². The average molecular weight is 183 g/mol. The van der Waals surface area contributed by atoms with Gasteiger partial charge in [0.05, 0.1) is 0 Å². The Morgan fingerprint density at radius 3 is 2.54 bits per heavy atom. The van der Waals surface area contributed by atoms with Gasteiger partial charge in [0.2, 0.25) is 0 Å². The summed E-state index contributed by atoms with van der Waals surface area (Å²) in [5, 5.41) is 20.5. The molecule has 0 heterocycles. The molecule has 3 N–H and O–H groups in total. The molecule has 0 saturated carbocycles. The molecular weight excluding hydrogens is 170 g/mol. The van der Waals surface area contributed by atoms with Crippen molar-refractivity contribution in [2.45, 2.75) is 7.43 Å². The van der Waals surface area contributed by atoms with E-state index < -0.39 is 5.97 Å². The van der Waals surface area contributed by atoms with Crippen LogP contribution < -0.4 is 5.32 Å². The molecule has 0 atom stereocenters. The lowest BCUT2D eigenvalue weighted by Crippen LogP contribution is -1.98. The molecule has 0 fully saturated rings. The molecule has 0 aliphatic heterocycles. The van der Waals surface area contributed by atoms with E-state index in [0.717, 1.165) is 0 Å². The number of aromatic hydroxyl groups is 1. The standard InChI is InChI=1S/C8H9NO3.CH4/c1-9-5-2-3-7(10)6(4-5)8(11)12;/h2-4,9-10H,1H3,(H,11,12);1H4. The van der Waals surface area contributed by atoms with E-state index in [1.165, 1.54) is 12.1 Å². The fourth-order valence-electron chi connectivity index (χ4n) is 0.863. The van der Waals surface area contributed by atoms with Crippen molar-refractivity contribution in [3.05, 3.63) is 23.8 Å². The fourth-order valence-corrected chi connectivity index (χ4v) is 0.863. The summed E-state index contributed by atoms with van der Waals surface area (Å²) in [5.74, 6) is -1.36. The molecule has 72 valence electrons. The second kappa shape index (κ2) is 4.35. The maximum Gasteiger partial charge on any atom is 0.339 e. The number of hydrogen-bond donors (Lipinski definition) is 3. The number of rotatable bonds is 2. The molecule has 0 unspecified atom stereocenters. The monoisotopic (exact) mass is 183 g/mol. The van der Waals surface area contributed by atoms with Crippen molar-refractivity contribution in [3.8, 4) is 5.75 Å². The molecule has 1 aromatic carbocycles. The number of carbonyl (C=O) groups is 1. The van der Waals surface area contributed by atoms with Crippen molar-refractivity contribution in [2.75, 3.05) is 12.4 Å². The van der Waals surface area contributed by atoms with Gasteiger partial charge in [-0.25, -0.2) is 4.79 Å². The summed E-state index contributed by atoms with van der Waals surface area (Å²) in [4.78, 5) is 10.5. The molecule has 0 spiro atoms. The Kier molecular flexibility index (Phi) is 3.78. The Morgan fingerprint density at radius 1 is 1.46 bits per heavy atom. The number of hydrogen-bond acceptors (Lipinski definition) is 3. The first-order valence-corrected chi connectivity index (χ1v) is 3.39. The van der Waals surface area contributed by atoms with Crippen molar-refractivity contribution in [1.82, 2.24) is 0 Å². The predicted molar refractivity (Wildman–Crippen MR) is 51.3 cm³/mol. The Balaban J connectivity index is 0.00000144. The number of anilines is 1. The van der Waals surface area contributed by atoms with Gasteiger partial charge in [0.15, 0.2) is 0 Å². The highest BCUT2D eigenvalue weighted by molar-refractivity contribution is 5.91. The number of aromatic carboxylic acids is 1. The summed E-state index contributed by atoms with van der Waals surface area (Å²) < 4.78 is 0. The molecule has 0 bridgehead atoms. The molecular formula is C9H13NO3. The second-order valence-corrected chi connectivity index (χ2v) is 2.29. The minimum Gasteiger partial charge on any atom is -0.507 e. The SMILES string of the molecule is C.CNc1ccc(O)c(C(=O)O)c1. The third-order valence-corrected chi connectivity index (χ3v) is 1.52. The smallest absolute Gasteiger partial charge is 0.339 e. The Hall–Kier alpha value is -1.71. The topological polar surface area (TPSA) is 69.6 Å². The summed E-state index contributed by atoms with van der Waals surface area (Å²) in [6, 6.07) is 4.31. The van der Waals surface area contributed by atoms with Crippen LogP contribution in [0.15, 0.2) is 18.2 Å². The maximum absolute atomic E-state index is 10.5. The number of nitrogens with one attached hydrogen (secondary N) is 1. The highest BCUT2D eigenvalue weighted by atomic mass is 16.4. The molecule has 4 heteroatoms. The van der Waals surface area contributed by atoms with E-state index in [2.05, 4.69) is 5.32 Å². The fraction of sp³-hybridized carbons (Fsp3) is 0.222. The van der Waals surface area contributed by atoms with E-state index in [9.17, 15) is 4.79 Å². The van der Waals surface area contributed by atoms with Gasteiger partial charge in [0.25, 0.3) is 0 Å². The van der Waals surface area contributed by atoms with Crippen LogP contribution in [0.1, 0.15) is 17.8 Å². The van der Waals surface area contributed by atoms with Crippen LogP contribution in [0.3, 0.4) is 0 Å². The summed E-state index contributed by atoms with van der Waals surface area (Å²) >= 11 is 0. The van der Waals surface area contributed by atoms with E-state index >= 15 is 0 Å². The van der Waals surface area contributed by atoms with Crippen LogP contribution in [0.5, 0.6) is 5.75 Å². The Labute approximate surface area is 76.8 Å². The van der Waals surface area contributed by atoms with Crippen molar-refractivity contribution >= 4 is 11.7 Å². The predicted octanol–water partition coefficient (Wildman–Crippen LogP) is 1.77. The highest BCUT2D eigenvalue weighted by Crippen LogP contribution is 2.20. The van der Waals surface area contributed by atoms with Gasteiger partial charge in [-0.15, -0.1) is 0 Å². The maximum atomic E-state index is 10.5. The zero-order chi connectivity index (χ0) is 9.14. The Bertz CT molecular complexity index is 310. The van der Waals surface area contributed by atoms with Crippen LogP contribution in [0.2, 0.25) is 0 Å². The van der Waals surface area contributed by atoms with Crippen molar-refractivity contribution in [3.63, 3.8) is 0 Å². The van der Waals surface area contributed by atoms with Crippen LogP contribution in [0, 0.1) is 0 Å². The van der Waals surface area contributed by atoms with Gasteiger partial charge in [-0.1, -0.05) is 7.43 Å². The van der Waals surface area contributed by atoms with Crippen molar-refractivity contribution in [1.29, 1.82) is 0 Å². The first-order valence-electron chi connectivity index (χ1n) is 3.39. The minimum atomic E-state index is -1.13. The molecule has 0 aliphatic rings. The summed E-state index contributed by atoms with van der Waals surface area (Å²) in [5.41, 5.74) is 0.562. The van der Waals surface area contributed by atoms with Gasteiger partial charge in [-0.3, -0.25) is 0 Å². The second-order valence-electron chi connectivity index (χ2n) is 2.29. The van der Waals surface area contributed by atoms with Gasteiger partial charge in [0.1, 0.15) is 11.3 Å². The molecule has 1 rings (SSSR count). The number of benzene rings is 1. The Morgan fingerprint density at radius 2 is 2.08 bits per heavy atom. The highest BCUT2D eigenvalue weighted by Gasteiger charge is 2.08. The molecule has 0 aliphatic carbocycles. The van der Waals surface area contributed by atoms with Crippen molar-refractivity contribution < 1.29 is 15.0 Å². The number of phenols is 1.